The number of nitrogens with zero attached hydrogens (tertiary/aromatic N) is 4. The molecule has 0 fully saturated rings. The van der Waals surface area contributed by atoms with Gasteiger partial charge in [0, 0.05) is 20.6 Å². The molecule has 0 bridgehead atoms. The number of carbonyl (C=O) groups is 1. The number of nitro groups is 1. The van der Waals surface area contributed by atoms with Crippen LogP contribution < -0.4 is 4.90 Å². The first-order valence-electron chi connectivity index (χ1n) is 5.33. The van der Waals surface area contributed by atoms with Crippen molar-refractivity contribution in [2.24, 2.45) is 13.0 Å². The average molecular weight is 256 g/mol. The molecule has 0 N–H and O–H groups in total. The van der Waals surface area contributed by atoms with E-state index in [-0.39, 0.29) is 23.4 Å². The second-order valence-electron chi connectivity index (χ2n) is 4.07. The van der Waals surface area contributed by atoms with E-state index in [0.29, 0.717) is 6.54 Å². The number of carbonyl (C=O) groups excluding carboxylic acids is 1. The Morgan fingerprint density at radius 3 is 2.83 bits per heavy atom. The van der Waals surface area contributed by atoms with Gasteiger partial charge in [0.15, 0.2) is 0 Å². The number of methoxy groups -OCH3 is 1. The number of rotatable bonds is 5. The summed E-state index contributed by atoms with van der Waals surface area (Å²) in [5.41, 5.74) is -0.0861. The monoisotopic (exact) mass is 256 g/mol. The highest BCUT2D eigenvalue weighted by molar-refractivity contribution is 5.73. The predicted molar refractivity (Wildman–Crippen MR) is 64.3 cm³/mol. The van der Waals surface area contributed by atoms with Gasteiger partial charge in [0.2, 0.25) is 5.82 Å². The Balaban J connectivity index is 2.87. The van der Waals surface area contributed by atoms with Crippen molar-refractivity contribution in [1.82, 2.24) is 9.78 Å². The standard InChI is InChI=1S/C10H16N4O4/c1-7(10(15)18-4)5-12(2)9-8(14(16)17)6-13(3)11-9/h6-7H,5H2,1-4H3. The van der Waals surface area contributed by atoms with Crippen molar-refractivity contribution >= 4 is 17.5 Å². The maximum absolute atomic E-state index is 11.3. The van der Waals surface area contributed by atoms with E-state index in [9.17, 15) is 14.9 Å². The summed E-state index contributed by atoms with van der Waals surface area (Å²) < 4.78 is 5.97. The van der Waals surface area contributed by atoms with Crippen molar-refractivity contribution < 1.29 is 14.5 Å². The molecule has 0 spiro atoms. The van der Waals surface area contributed by atoms with Crippen molar-refractivity contribution in [3.05, 3.63) is 16.3 Å². The van der Waals surface area contributed by atoms with E-state index in [1.54, 1.807) is 25.9 Å². The average Bonchev–Trinajstić information content (AvgIpc) is 2.70. The molecule has 8 heteroatoms. The molecule has 100 valence electrons. The lowest BCUT2D eigenvalue weighted by atomic mass is 10.2. The van der Waals surface area contributed by atoms with E-state index in [0.717, 1.165) is 0 Å². The van der Waals surface area contributed by atoms with Crippen LogP contribution in [0.15, 0.2) is 6.20 Å². The van der Waals surface area contributed by atoms with E-state index in [4.69, 9.17) is 0 Å². The largest absolute Gasteiger partial charge is 0.469 e. The highest BCUT2D eigenvalue weighted by atomic mass is 16.6. The molecule has 0 aliphatic heterocycles. The Labute approximate surface area is 104 Å². The quantitative estimate of drug-likeness (QED) is 0.434. The molecule has 0 aliphatic carbocycles. The van der Waals surface area contributed by atoms with Crippen molar-refractivity contribution in [1.29, 1.82) is 0 Å². The Kier molecular flexibility index (Phi) is 4.24. The van der Waals surface area contributed by atoms with Crippen LogP contribution in [-0.2, 0) is 16.6 Å². The summed E-state index contributed by atoms with van der Waals surface area (Å²) in [6.07, 6.45) is 1.33. The van der Waals surface area contributed by atoms with Gasteiger partial charge < -0.3 is 9.64 Å². The van der Waals surface area contributed by atoms with Crippen LogP contribution >= 0.6 is 0 Å². The fraction of sp³-hybridized carbons (Fsp3) is 0.600. The zero-order valence-corrected chi connectivity index (χ0v) is 10.8. The first-order chi connectivity index (χ1) is 8.36. The molecule has 8 nitrogen and oxygen atoms in total. The Hall–Kier alpha value is -2.12. The zero-order chi connectivity index (χ0) is 13.9. The van der Waals surface area contributed by atoms with Crippen LogP contribution in [0, 0.1) is 16.0 Å². The predicted octanol–water partition coefficient (Wildman–Crippen LogP) is 0.574. The summed E-state index contributed by atoms with van der Waals surface area (Å²) >= 11 is 0. The van der Waals surface area contributed by atoms with Crippen LogP contribution in [0.3, 0.4) is 0 Å². The smallest absolute Gasteiger partial charge is 0.330 e. The van der Waals surface area contributed by atoms with Crippen molar-refractivity contribution in [2.75, 3.05) is 25.6 Å². The first-order valence-corrected chi connectivity index (χ1v) is 5.33. The number of aromatic nitrogens is 2. The van der Waals surface area contributed by atoms with Crippen molar-refractivity contribution in [2.45, 2.75) is 6.92 Å². The minimum Gasteiger partial charge on any atom is -0.469 e. The second-order valence-corrected chi connectivity index (χ2v) is 4.07. The molecule has 0 amide bonds. The summed E-state index contributed by atoms with van der Waals surface area (Å²) in [6, 6.07) is 0. The molecule has 18 heavy (non-hydrogen) atoms. The van der Waals surface area contributed by atoms with Gasteiger partial charge in [-0.25, -0.2) is 0 Å². The molecule has 0 radical (unpaired) electrons. The number of anilines is 1. The third-order valence-corrected chi connectivity index (χ3v) is 2.50. The van der Waals surface area contributed by atoms with Crippen molar-refractivity contribution in [3.63, 3.8) is 0 Å². The molecule has 1 aromatic heterocycles. The molecule has 1 unspecified atom stereocenters. The van der Waals surface area contributed by atoms with Crippen LogP contribution in [0.5, 0.6) is 0 Å². The van der Waals surface area contributed by atoms with Gasteiger partial charge in [0.1, 0.15) is 6.20 Å². The summed E-state index contributed by atoms with van der Waals surface area (Å²) in [7, 11) is 4.56. The van der Waals surface area contributed by atoms with Crippen LogP contribution in [0.4, 0.5) is 11.5 Å². The Morgan fingerprint density at radius 2 is 2.33 bits per heavy atom. The van der Waals surface area contributed by atoms with Gasteiger partial charge in [-0.3, -0.25) is 19.6 Å². The highest BCUT2D eigenvalue weighted by Gasteiger charge is 2.24. The Bertz CT molecular complexity index is 457. The molecule has 0 aliphatic rings. The number of hydrogen-bond acceptors (Lipinski definition) is 6. The topological polar surface area (TPSA) is 90.5 Å². The number of esters is 1. The number of ether oxygens (including phenoxy) is 1. The maximum atomic E-state index is 11.3. The number of hydrogen-bond donors (Lipinski definition) is 0. The van der Waals surface area contributed by atoms with E-state index in [2.05, 4.69) is 9.84 Å². The van der Waals surface area contributed by atoms with Crippen molar-refractivity contribution in [3.8, 4) is 0 Å². The lowest BCUT2D eigenvalue weighted by molar-refractivity contribution is -0.384. The lowest BCUT2D eigenvalue weighted by Gasteiger charge is -2.19. The van der Waals surface area contributed by atoms with Gasteiger partial charge in [0.25, 0.3) is 0 Å². The minimum atomic E-state index is -0.498. The highest BCUT2D eigenvalue weighted by Crippen LogP contribution is 2.25. The first kappa shape index (κ1) is 13.9. The van der Waals surface area contributed by atoms with E-state index >= 15 is 0 Å². The lowest BCUT2D eigenvalue weighted by Crippen LogP contribution is -2.30. The molecular weight excluding hydrogens is 240 g/mol. The summed E-state index contributed by atoms with van der Waals surface area (Å²) in [5, 5.41) is 14.9. The van der Waals surface area contributed by atoms with Gasteiger partial charge in [0.05, 0.1) is 18.0 Å². The molecule has 1 aromatic rings. The van der Waals surface area contributed by atoms with E-state index in [1.165, 1.54) is 18.0 Å². The molecule has 0 saturated carbocycles. The molecule has 1 heterocycles. The third kappa shape index (κ3) is 2.96. The normalized spacial score (nSPS) is 12.0. The summed E-state index contributed by atoms with van der Waals surface area (Å²) in [5.74, 6) is -0.514. The van der Waals surface area contributed by atoms with Crippen LogP contribution in [0.2, 0.25) is 0 Å². The molecule has 1 rings (SSSR count). The summed E-state index contributed by atoms with van der Waals surface area (Å²) in [4.78, 5) is 23.2. The minimum absolute atomic E-state index is 0.0861. The molecule has 1 atom stereocenters. The fourth-order valence-electron chi connectivity index (χ4n) is 1.64. The van der Waals surface area contributed by atoms with E-state index < -0.39 is 4.92 Å². The van der Waals surface area contributed by atoms with Gasteiger partial charge in [-0.05, 0) is 0 Å². The van der Waals surface area contributed by atoms with Crippen LogP contribution in [0.25, 0.3) is 0 Å². The fourth-order valence-corrected chi connectivity index (χ4v) is 1.64. The van der Waals surface area contributed by atoms with Crippen LogP contribution in [-0.4, -0.2) is 41.4 Å². The molecule has 0 saturated heterocycles. The maximum Gasteiger partial charge on any atom is 0.330 e. The number of aryl methyl sites for hydroxylation is 1. The second kappa shape index (κ2) is 5.48. The molecular formula is C10H16N4O4. The third-order valence-electron chi connectivity index (χ3n) is 2.50. The van der Waals surface area contributed by atoms with Crippen LogP contribution in [0.1, 0.15) is 6.92 Å². The molecule has 0 aromatic carbocycles. The zero-order valence-electron chi connectivity index (χ0n) is 10.8. The Morgan fingerprint density at radius 1 is 1.72 bits per heavy atom. The summed E-state index contributed by atoms with van der Waals surface area (Å²) in [6.45, 7) is 1.99. The van der Waals surface area contributed by atoms with Gasteiger partial charge in [-0.2, -0.15) is 0 Å². The van der Waals surface area contributed by atoms with Gasteiger partial charge >= 0.3 is 11.7 Å². The SMILES string of the molecule is COC(=O)C(C)CN(C)c1nn(C)cc1[N+](=O)[O-]. The van der Waals surface area contributed by atoms with E-state index in [1.807, 2.05) is 0 Å². The van der Waals surface area contributed by atoms with Gasteiger partial charge in [-0.1, -0.05) is 6.92 Å². The van der Waals surface area contributed by atoms with Gasteiger partial charge in [-0.15, -0.1) is 5.10 Å².